The van der Waals surface area contributed by atoms with Gasteiger partial charge in [-0.15, -0.1) is 0 Å². The summed E-state index contributed by atoms with van der Waals surface area (Å²) in [5.74, 6) is -1.17. The predicted octanol–water partition coefficient (Wildman–Crippen LogP) is 4.84. The highest BCUT2D eigenvalue weighted by Gasteiger charge is 2.44. The van der Waals surface area contributed by atoms with Gasteiger partial charge in [-0.05, 0) is 48.4 Å². The summed E-state index contributed by atoms with van der Waals surface area (Å²) in [4.78, 5) is 37.1. The quantitative estimate of drug-likeness (QED) is 0.503. The molecular formula is C28H34N2O5. The number of alkyl carbamates (subject to hydrolysis) is 1. The van der Waals surface area contributed by atoms with Crippen LogP contribution in [0, 0.1) is 5.41 Å². The van der Waals surface area contributed by atoms with E-state index in [-0.39, 0.29) is 24.9 Å². The first-order chi connectivity index (χ1) is 16.8. The minimum absolute atomic E-state index is 0.0310. The van der Waals surface area contributed by atoms with E-state index in [0.29, 0.717) is 19.3 Å². The molecule has 1 fully saturated rings. The lowest BCUT2D eigenvalue weighted by atomic mass is 9.71. The van der Waals surface area contributed by atoms with Gasteiger partial charge in [-0.2, -0.15) is 0 Å². The summed E-state index contributed by atoms with van der Waals surface area (Å²) in [5.41, 5.74) is 3.65. The number of carboxylic acid groups (broad SMARTS) is 1. The fourth-order valence-electron chi connectivity index (χ4n) is 5.40. The van der Waals surface area contributed by atoms with Crippen molar-refractivity contribution in [2.45, 2.75) is 70.4 Å². The topological polar surface area (TPSA) is 105 Å². The van der Waals surface area contributed by atoms with Crippen LogP contribution >= 0.6 is 0 Å². The Morgan fingerprint density at radius 2 is 1.69 bits per heavy atom. The maximum absolute atomic E-state index is 12.7. The second-order valence-corrected chi connectivity index (χ2v) is 9.87. The molecular weight excluding hydrogens is 444 g/mol. The first-order valence-electron chi connectivity index (χ1n) is 12.5. The Labute approximate surface area is 206 Å². The van der Waals surface area contributed by atoms with Crippen LogP contribution in [0.1, 0.15) is 69.4 Å². The van der Waals surface area contributed by atoms with Crippen molar-refractivity contribution in [3.05, 3.63) is 59.7 Å². The molecule has 0 radical (unpaired) electrons. The largest absolute Gasteiger partial charge is 0.481 e. The monoisotopic (exact) mass is 478 g/mol. The van der Waals surface area contributed by atoms with Gasteiger partial charge in [0.1, 0.15) is 6.61 Å². The van der Waals surface area contributed by atoms with Gasteiger partial charge in [0.2, 0.25) is 5.91 Å². The Morgan fingerprint density at radius 3 is 2.29 bits per heavy atom. The first kappa shape index (κ1) is 24.8. The van der Waals surface area contributed by atoms with Crippen molar-refractivity contribution in [2.24, 2.45) is 5.41 Å². The van der Waals surface area contributed by atoms with Gasteiger partial charge in [-0.25, -0.2) is 4.79 Å². The third kappa shape index (κ3) is 5.19. The standard InChI is InChI=1S/C28H34N2O5/c1-3-18(16-25(31)30-24-14-8-9-15-28(24,2)26(32)33)29-27(34)35-17-23-21-12-6-4-10-19(21)20-11-5-7-13-22(20)23/h4-7,10-13,18,23-24H,3,8-9,14-17H2,1-2H3,(H,29,34)(H,30,31)(H,32,33)/t18-,24?,28?/m0/s1. The third-order valence-electron chi connectivity index (χ3n) is 7.62. The van der Waals surface area contributed by atoms with Crippen molar-refractivity contribution >= 4 is 18.0 Å². The first-order valence-corrected chi connectivity index (χ1v) is 12.5. The Bertz CT molecular complexity index is 1050. The highest BCUT2D eigenvalue weighted by molar-refractivity contribution is 5.81. The van der Waals surface area contributed by atoms with Gasteiger partial charge in [-0.3, -0.25) is 9.59 Å². The normalized spacial score (nSPS) is 21.9. The van der Waals surface area contributed by atoms with E-state index in [1.165, 1.54) is 0 Å². The summed E-state index contributed by atoms with van der Waals surface area (Å²) in [6, 6.07) is 15.5. The Balaban J connectivity index is 1.32. The lowest BCUT2D eigenvalue weighted by Crippen LogP contribution is -2.53. The SMILES string of the molecule is CC[C@@H](CC(=O)NC1CCCCC1(C)C(=O)O)NC(=O)OCC1c2ccccc2-c2ccccc21. The number of carbonyl (C=O) groups excluding carboxylic acids is 2. The van der Waals surface area contributed by atoms with Crippen molar-refractivity contribution in [3.63, 3.8) is 0 Å². The molecule has 0 heterocycles. The van der Waals surface area contributed by atoms with Crippen molar-refractivity contribution in [2.75, 3.05) is 6.61 Å². The summed E-state index contributed by atoms with van der Waals surface area (Å²) in [7, 11) is 0. The number of hydrogen-bond acceptors (Lipinski definition) is 4. The zero-order valence-corrected chi connectivity index (χ0v) is 20.4. The highest BCUT2D eigenvalue weighted by atomic mass is 16.5. The number of fused-ring (bicyclic) bond motifs is 3. The molecule has 2 amide bonds. The molecule has 7 nitrogen and oxygen atoms in total. The Hall–Kier alpha value is -3.35. The summed E-state index contributed by atoms with van der Waals surface area (Å²) in [5, 5.41) is 15.4. The van der Waals surface area contributed by atoms with Gasteiger partial charge in [0.05, 0.1) is 5.41 Å². The minimum atomic E-state index is -0.962. The van der Waals surface area contributed by atoms with Crippen LogP contribution in [-0.4, -0.2) is 41.8 Å². The van der Waals surface area contributed by atoms with Crippen molar-refractivity contribution < 1.29 is 24.2 Å². The van der Waals surface area contributed by atoms with Crippen LogP contribution in [0.2, 0.25) is 0 Å². The molecule has 3 N–H and O–H groups in total. The van der Waals surface area contributed by atoms with E-state index in [4.69, 9.17) is 4.74 Å². The molecule has 2 unspecified atom stereocenters. The third-order valence-corrected chi connectivity index (χ3v) is 7.62. The highest BCUT2D eigenvalue weighted by Crippen LogP contribution is 2.44. The van der Waals surface area contributed by atoms with Gasteiger partial charge >= 0.3 is 12.1 Å². The molecule has 7 heteroatoms. The Kier molecular flexibility index (Phi) is 7.43. The number of amides is 2. The molecule has 3 atom stereocenters. The number of carbonyl (C=O) groups is 3. The van der Waals surface area contributed by atoms with Crippen LogP contribution in [-0.2, 0) is 14.3 Å². The van der Waals surface area contributed by atoms with E-state index < -0.39 is 29.6 Å². The number of carboxylic acids is 1. The van der Waals surface area contributed by atoms with Gasteiger partial charge in [-0.1, -0.05) is 68.3 Å². The molecule has 0 spiro atoms. The van der Waals surface area contributed by atoms with E-state index in [0.717, 1.165) is 35.1 Å². The summed E-state index contributed by atoms with van der Waals surface area (Å²) in [6.07, 6.45) is 3.00. The van der Waals surface area contributed by atoms with E-state index in [9.17, 15) is 19.5 Å². The van der Waals surface area contributed by atoms with Crippen molar-refractivity contribution in [1.29, 1.82) is 0 Å². The maximum Gasteiger partial charge on any atom is 0.407 e. The van der Waals surface area contributed by atoms with Crippen LogP contribution in [0.4, 0.5) is 4.79 Å². The molecule has 2 aliphatic rings. The zero-order valence-electron chi connectivity index (χ0n) is 20.4. The average molecular weight is 479 g/mol. The number of hydrogen-bond donors (Lipinski definition) is 3. The van der Waals surface area contributed by atoms with Crippen molar-refractivity contribution in [3.8, 4) is 11.1 Å². The molecule has 0 saturated heterocycles. The number of nitrogens with one attached hydrogen (secondary N) is 2. The van der Waals surface area contributed by atoms with Gasteiger partial charge < -0.3 is 20.5 Å². The van der Waals surface area contributed by atoms with Gasteiger partial charge in [0, 0.05) is 24.4 Å². The van der Waals surface area contributed by atoms with Gasteiger partial charge in [0.25, 0.3) is 0 Å². The molecule has 2 aromatic rings. The fraction of sp³-hybridized carbons (Fsp3) is 0.464. The zero-order chi connectivity index (χ0) is 25.0. The fourth-order valence-corrected chi connectivity index (χ4v) is 5.40. The second kappa shape index (κ2) is 10.5. The van der Waals surface area contributed by atoms with Gasteiger partial charge in [0.15, 0.2) is 0 Å². The molecule has 35 heavy (non-hydrogen) atoms. The van der Waals surface area contributed by atoms with Crippen molar-refractivity contribution in [1.82, 2.24) is 10.6 Å². The summed E-state index contributed by atoms with van der Waals surface area (Å²) in [6.45, 7) is 3.80. The predicted molar refractivity (Wildman–Crippen MR) is 133 cm³/mol. The number of benzene rings is 2. The maximum atomic E-state index is 12.7. The molecule has 2 aliphatic carbocycles. The molecule has 0 bridgehead atoms. The molecule has 186 valence electrons. The summed E-state index contributed by atoms with van der Waals surface area (Å²) < 4.78 is 5.61. The van der Waals surface area contributed by atoms with Crippen LogP contribution in [0.5, 0.6) is 0 Å². The molecule has 0 aromatic heterocycles. The number of ether oxygens (including phenoxy) is 1. The van der Waals surface area contributed by atoms with Crippen LogP contribution in [0.3, 0.4) is 0 Å². The van der Waals surface area contributed by atoms with E-state index in [1.807, 2.05) is 31.2 Å². The minimum Gasteiger partial charge on any atom is -0.481 e. The lowest BCUT2D eigenvalue weighted by molar-refractivity contribution is -0.152. The van der Waals surface area contributed by atoms with E-state index in [2.05, 4.69) is 34.9 Å². The molecule has 4 rings (SSSR count). The Morgan fingerprint density at radius 1 is 1.06 bits per heavy atom. The lowest BCUT2D eigenvalue weighted by Gasteiger charge is -2.38. The molecule has 0 aliphatic heterocycles. The molecule has 2 aromatic carbocycles. The second-order valence-electron chi connectivity index (χ2n) is 9.87. The smallest absolute Gasteiger partial charge is 0.407 e. The summed E-state index contributed by atoms with van der Waals surface area (Å²) >= 11 is 0. The number of rotatable bonds is 8. The van der Waals surface area contributed by atoms with E-state index >= 15 is 0 Å². The average Bonchev–Trinajstić information content (AvgIpc) is 3.17. The van der Waals surface area contributed by atoms with Crippen LogP contribution in [0.25, 0.3) is 11.1 Å². The number of aliphatic carboxylic acids is 1. The van der Waals surface area contributed by atoms with E-state index in [1.54, 1.807) is 6.92 Å². The van der Waals surface area contributed by atoms with Crippen LogP contribution in [0.15, 0.2) is 48.5 Å². The molecule has 1 saturated carbocycles. The van der Waals surface area contributed by atoms with Crippen LogP contribution < -0.4 is 10.6 Å².